The van der Waals surface area contributed by atoms with Crippen molar-refractivity contribution in [3.05, 3.63) is 11.6 Å². The predicted molar refractivity (Wildman–Crippen MR) is 56.5 cm³/mol. The Balaban J connectivity index is 2.38. The number of nitrogens with zero attached hydrogens (tertiary/aromatic N) is 1. The van der Waals surface area contributed by atoms with Gasteiger partial charge in [-0.1, -0.05) is 6.92 Å². The average molecular weight is 225 g/mol. The molecular weight excluding hydrogens is 210 g/mol. The van der Waals surface area contributed by atoms with E-state index in [2.05, 4.69) is 0 Å². The van der Waals surface area contributed by atoms with E-state index >= 15 is 0 Å². The van der Waals surface area contributed by atoms with E-state index in [0.29, 0.717) is 25.0 Å². The van der Waals surface area contributed by atoms with E-state index in [1.54, 1.807) is 13.8 Å². The molecule has 0 aromatic carbocycles. The van der Waals surface area contributed by atoms with E-state index in [9.17, 15) is 14.4 Å². The second-order valence-electron chi connectivity index (χ2n) is 4.00. The van der Waals surface area contributed by atoms with Gasteiger partial charge in [0.15, 0.2) is 0 Å². The van der Waals surface area contributed by atoms with Crippen LogP contribution in [0.25, 0.3) is 0 Å². The van der Waals surface area contributed by atoms with Gasteiger partial charge in [-0.25, -0.2) is 0 Å². The van der Waals surface area contributed by atoms with Crippen molar-refractivity contribution in [1.29, 1.82) is 0 Å². The topological polar surface area (TPSA) is 74.7 Å². The van der Waals surface area contributed by atoms with Gasteiger partial charge in [0, 0.05) is 18.2 Å². The minimum Gasteiger partial charge on any atom is -0.481 e. The zero-order chi connectivity index (χ0) is 12.3. The summed E-state index contributed by atoms with van der Waals surface area (Å²) < 4.78 is 0. The molecule has 0 spiro atoms. The fourth-order valence-electron chi connectivity index (χ4n) is 1.53. The Labute approximate surface area is 93.7 Å². The fraction of sp³-hybridized carbons (Fsp3) is 0.545. The second kappa shape index (κ2) is 4.92. The zero-order valence-corrected chi connectivity index (χ0v) is 9.40. The van der Waals surface area contributed by atoms with Crippen molar-refractivity contribution >= 4 is 17.8 Å². The van der Waals surface area contributed by atoms with Crippen molar-refractivity contribution in [2.45, 2.75) is 26.7 Å². The number of carbonyl (C=O) groups is 3. The third-order valence-electron chi connectivity index (χ3n) is 2.63. The van der Waals surface area contributed by atoms with E-state index in [1.807, 2.05) is 0 Å². The summed E-state index contributed by atoms with van der Waals surface area (Å²) >= 11 is 0. The van der Waals surface area contributed by atoms with E-state index in [1.165, 1.54) is 6.08 Å². The van der Waals surface area contributed by atoms with Crippen LogP contribution < -0.4 is 0 Å². The highest BCUT2D eigenvalue weighted by molar-refractivity contribution is 6.15. The molecule has 1 atom stereocenters. The van der Waals surface area contributed by atoms with Gasteiger partial charge >= 0.3 is 5.97 Å². The Morgan fingerprint density at radius 1 is 1.50 bits per heavy atom. The SMILES string of the molecule is CC1=CC(=O)N(CCCC(C)C(=O)O)C1=O. The maximum atomic E-state index is 11.4. The van der Waals surface area contributed by atoms with Gasteiger partial charge in [0.2, 0.25) is 0 Å². The largest absolute Gasteiger partial charge is 0.481 e. The molecule has 0 aliphatic carbocycles. The first-order chi connectivity index (χ1) is 7.43. The first-order valence-corrected chi connectivity index (χ1v) is 5.20. The van der Waals surface area contributed by atoms with Gasteiger partial charge in [0.05, 0.1) is 5.92 Å². The molecule has 1 aliphatic heterocycles. The van der Waals surface area contributed by atoms with Crippen LogP contribution in [0.2, 0.25) is 0 Å². The Kier molecular flexibility index (Phi) is 3.82. The van der Waals surface area contributed by atoms with Gasteiger partial charge in [-0.3, -0.25) is 19.3 Å². The number of amides is 2. The Bertz CT molecular complexity index is 359. The first kappa shape index (κ1) is 12.4. The molecule has 0 saturated heterocycles. The van der Waals surface area contributed by atoms with Gasteiger partial charge in [0.1, 0.15) is 0 Å². The number of aliphatic carboxylic acids is 1. The van der Waals surface area contributed by atoms with E-state index in [0.717, 1.165) is 4.90 Å². The molecule has 1 N–H and O–H groups in total. The molecule has 2 amide bonds. The van der Waals surface area contributed by atoms with Crippen LogP contribution in [-0.2, 0) is 14.4 Å². The molecule has 1 rings (SSSR count). The highest BCUT2D eigenvalue weighted by Crippen LogP contribution is 2.14. The molecule has 0 saturated carbocycles. The highest BCUT2D eigenvalue weighted by atomic mass is 16.4. The summed E-state index contributed by atoms with van der Waals surface area (Å²) in [4.78, 5) is 34.5. The zero-order valence-electron chi connectivity index (χ0n) is 9.40. The van der Waals surface area contributed by atoms with Crippen LogP contribution in [0.1, 0.15) is 26.7 Å². The van der Waals surface area contributed by atoms with Crippen LogP contribution in [0.15, 0.2) is 11.6 Å². The predicted octanol–water partition coefficient (Wildman–Crippen LogP) is 0.802. The number of carboxylic acid groups (broad SMARTS) is 1. The smallest absolute Gasteiger partial charge is 0.306 e. The summed E-state index contributed by atoms with van der Waals surface area (Å²) in [6.07, 6.45) is 2.29. The van der Waals surface area contributed by atoms with Crippen molar-refractivity contribution in [1.82, 2.24) is 4.90 Å². The Morgan fingerprint density at radius 3 is 2.56 bits per heavy atom. The van der Waals surface area contributed by atoms with E-state index in [-0.39, 0.29) is 11.8 Å². The maximum Gasteiger partial charge on any atom is 0.306 e. The quantitative estimate of drug-likeness (QED) is 0.702. The summed E-state index contributed by atoms with van der Waals surface area (Å²) in [5.41, 5.74) is 0.441. The molecule has 16 heavy (non-hydrogen) atoms. The van der Waals surface area contributed by atoms with Crippen LogP contribution in [0.4, 0.5) is 0 Å². The third-order valence-corrected chi connectivity index (χ3v) is 2.63. The Morgan fingerprint density at radius 2 is 2.12 bits per heavy atom. The molecule has 1 aliphatic rings. The van der Waals surface area contributed by atoms with Gasteiger partial charge in [-0.15, -0.1) is 0 Å². The Hall–Kier alpha value is -1.65. The molecule has 0 aromatic heterocycles. The summed E-state index contributed by atoms with van der Waals surface area (Å²) in [6, 6.07) is 0. The number of rotatable bonds is 5. The van der Waals surface area contributed by atoms with Gasteiger partial charge < -0.3 is 5.11 Å². The van der Waals surface area contributed by atoms with Crippen LogP contribution >= 0.6 is 0 Å². The summed E-state index contributed by atoms with van der Waals surface area (Å²) in [6.45, 7) is 3.50. The van der Waals surface area contributed by atoms with E-state index < -0.39 is 11.9 Å². The molecule has 5 nitrogen and oxygen atoms in total. The van der Waals surface area contributed by atoms with Crippen LogP contribution in [-0.4, -0.2) is 34.3 Å². The summed E-state index contributed by atoms with van der Waals surface area (Å²) in [5.74, 6) is -1.87. The number of hydrogen-bond acceptors (Lipinski definition) is 3. The molecule has 88 valence electrons. The van der Waals surface area contributed by atoms with Crippen molar-refractivity contribution in [3.8, 4) is 0 Å². The molecule has 0 aromatic rings. The summed E-state index contributed by atoms with van der Waals surface area (Å²) in [7, 11) is 0. The van der Waals surface area contributed by atoms with Crippen molar-refractivity contribution in [3.63, 3.8) is 0 Å². The number of carboxylic acids is 1. The van der Waals surface area contributed by atoms with Gasteiger partial charge in [0.25, 0.3) is 11.8 Å². The first-order valence-electron chi connectivity index (χ1n) is 5.20. The molecule has 0 fully saturated rings. The van der Waals surface area contributed by atoms with Crippen LogP contribution in [0, 0.1) is 5.92 Å². The van der Waals surface area contributed by atoms with Crippen LogP contribution in [0.3, 0.4) is 0 Å². The van der Waals surface area contributed by atoms with Gasteiger partial charge in [-0.05, 0) is 19.8 Å². The highest BCUT2D eigenvalue weighted by Gasteiger charge is 2.27. The van der Waals surface area contributed by atoms with E-state index in [4.69, 9.17) is 5.11 Å². The van der Waals surface area contributed by atoms with Crippen molar-refractivity contribution < 1.29 is 19.5 Å². The average Bonchev–Trinajstić information content (AvgIpc) is 2.44. The molecule has 0 radical (unpaired) electrons. The van der Waals surface area contributed by atoms with Crippen LogP contribution in [0.5, 0.6) is 0 Å². The minimum atomic E-state index is -0.853. The second-order valence-corrected chi connectivity index (χ2v) is 4.00. The molecule has 1 unspecified atom stereocenters. The molecule has 0 bridgehead atoms. The lowest BCUT2D eigenvalue weighted by Crippen LogP contribution is -2.32. The lowest BCUT2D eigenvalue weighted by Gasteiger charge is -2.14. The lowest BCUT2D eigenvalue weighted by atomic mass is 10.1. The van der Waals surface area contributed by atoms with Gasteiger partial charge in [-0.2, -0.15) is 0 Å². The lowest BCUT2D eigenvalue weighted by molar-refractivity contribution is -0.141. The van der Waals surface area contributed by atoms with Crippen molar-refractivity contribution in [2.24, 2.45) is 5.92 Å². The molecule has 5 heteroatoms. The summed E-state index contributed by atoms with van der Waals surface area (Å²) in [5, 5.41) is 8.66. The monoisotopic (exact) mass is 225 g/mol. The number of imide groups is 1. The molecular formula is C11H15NO4. The fourth-order valence-corrected chi connectivity index (χ4v) is 1.53. The normalized spacial score (nSPS) is 17.6. The third kappa shape index (κ3) is 2.68. The molecule has 1 heterocycles. The standard InChI is InChI=1S/C11H15NO4/c1-7(11(15)16)4-3-5-12-9(13)6-8(2)10(12)14/h6-7H,3-5H2,1-2H3,(H,15,16). The number of hydrogen-bond donors (Lipinski definition) is 1. The number of carbonyl (C=O) groups excluding carboxylic acids is 2. The minimum absolute atomic E-state index is 0.270. The van der Waals surface area contributed by atoms with Crippen molar-refractivity contribution in [2.75, 3.05) is 6.54 Å². The maximum absolute atomic E-state index is 11.4.